The number of benzene rings is 1. The smallest absolute Gasteiger partial charge is 0.123 e. The van der Waals surface area contributed by atoms with Crippen LogP contribution in [-0.4, -0.2) is 18.8 Å². The molecular formula is C10H12FNS. The van der Waals surface area contributed by atoms with Crippen LogP contribution in [0.1, 0.15) is 5.56 Å². The molecule has 0 fully saturated rings. The largest absolute Gasteiger partial charge is 0.316 e. The van der Waals surface area contributed by atoms with E-state index in [4.69, 9.17) is 0 Å². The minimum absolute atomic E-state index is 0.129. The van der Waals surface area contributed by atoms with Crippen LogP contribution >= 0.6 is 11.8 Å². The molecule has 1 aromatic rings. The molecule has 1 N–H and O–H groups in total. The van der Waals surface area contributed by atoms with Gasteiger partial charge in [-0.15, -0.1) is 11.8 Å². The van der Waals surface area contributed by atoms with Gasteiger partial charge in [-0.25, -0.2) is 4.39 Å². The van der Waals surface area contributed by atoms with E-state index in [2.05, 4.69) is 5.32 Å². The average Bonchev–Trinajstić information content (AvgIpc) is 2.16. The molecule has 0 amide bonds. The monoisotopic (exact) mass is 197 g/mol. The molecule has 0 saturated heterocycles. The van der Waals surface area contributed by atoms with Crippen molar-refractivity contribution in [2.45, 2.75) is 17.4 Å². The quantitative estimate of drug-likeness (QED) is 0.739. The van der Waals surface area contributed by atoms with Gasteiger partial charge in [-0.3, -0.25) is 0 Å². The van der Waals surface area contributed by atoms with Crippen LogP contribution in [-0.2, 0) is 6.42 Å². The second-order valence-electron chi connectivity index (χ2n) is 3.25. The van der Waals surface area contributed by atoms with Gasteiger partial charge < -0.3 is 5.32 Å². The third-order valence-corrected chi connectivity index (χ3v) is 3.62. The highest BCUT2D eigenvalue weighted by Gasteiger charge is 2.17. The third-order valence-electron chi connectivity index (χ3n) is 2.34. The standard InChI is InChI=1S/C10H12FNS/c1-12-9-5-7-4-8(11)2-3-10(7)13-6-9/h2-4,9,12H,5-6H2,1H3. The van der Waals surface area contributed by atoms with Crippen LogP contribution < -0.4 is 5.32 Å². The fourth-order valence-corrected chi connectivity index (χ4v) is 2.71. The first-order valence-electron chi connectivity index (χ1n) is 4.38. The second-order valence-corrected chi connectivity index (χ2v) is 4.31. The topological polar surface area (TPSA) is 12.0 Å². The van der Waals surface area contributed by atoms with Gasteiger partial charge in [0, 0.05) is 16.7 Å². The first-order chi connectivity index (χ1) is 6.29. The van der Waals surface area contributed by atoms with Crippen LogP contribution in [0.5, 0.6) is 0 Å². The van der Waals surface area contributed by atoms with E-state index in [9.17, 15) is 4.39 Å². The lowest BCUT2D eigenvalue weighted by Crippen LogP contribution is -2.32. The molecule has 1 heterocycles. The highest BCUT2D eigenvalue weighted by atomic mass is 32.2. The van der Waals surface area contributed by atoms with Crippen LogP contribution in [0.4, 0.5) is 4.39 Å². The predicted molar refractivity (Wildman–Crippen MR) is 53.7 cm³/mol. The molecule has 1 aliphatic rings. The minimum atomic E-state index is -0.129. The van der Waals surface area contributed by atoms with Crippen LogP contribution in [0.15, 0.2) is 23.1 Å². The van der Waals surface area contributed by atoms with Crippen molar-refractivity contribution < 1.29 is 4.39 Å². The van der Waals surface area contributed by atoms with E-state index in [0.29, 0.717) is 6.04 Å². The molecule has 0 saturated carbocycles. The van der Waals surface area contributed by atoms with E-state index in [0.717, 1.165) is 17.7 Å². The number of halogens is 1. The molecule has 1 unspecified atom stereocenters. The summed E-state index contributed by atoms with van der Waals surface area (Å²) < 4.78 is 12.9. The summed E-state index contributed by atoms with van der Waals surface area (Å²) in [7, 11) is 1.95. The molecule has 0 spiro atoms. The number of rotatable bonds is 1. The summed E-state index contributed by atoms with van der Waals surface area (Å²) in [4.78, 5) is 1.23. The lowest BCUT2D eigenvalue weighted by atomic mass is 10.1. The summed E-state index contributed by atoms with van der Waals surface area (Å²) in [5, 5.41) is 3.22. The van der Waals surface area contributed by atoms with Crippen LogP contribution in [0.2, 0.25) is 0 Å². The van der Waals surface area contributed by atoms with Crippen LogP contribution in [0.25, 0.3) is 0 Å². The van der Waals surface area contributed by atoms with Gasteiger partial charge >= 0.3 is 0 Å². The lowest BCUT2D eigenvalue weighted by molar-refractivity contribution is 0.590. The molecule has 3 heteroatoms. The van der Waals surface area contributed by atoms with E-state index >= 15 is 0 Å². The van der Waals surface area contributed by atoms with Crippen molar-refractivity contribution in [1.82, 2.24) is 5.32 Å². The van der Waals surface area contributed by atoms with E-state index in [1.807, 2.05) is 13.1 Å². The van der Waals surface area contributed by atoms with Crippen molar-refractivity contribution in [2.75, 3.05) is 12.8 Å². The maximum atomic E-state index is 12.9. The highest BCUT2D eigenvalue weighted by molar-refractivity contribution is 7.99. The fourth-order valence-electron chi connectivity index (χ4n) is 1.55. The molecule has 1 atom stereocenters. The molecule has 1 aliphatic heterocycles. The van der Waals surface area contributed by atoms with E-state index < -0.39 is 0 Å². The Morgan fingerprint density at radius 1 is 1.54 bits per heavy atom. The summed E-state index contributed by atoms with van der Waals surface area (Å²) in [6, 6.07) is 5.54. The summed E-state index contributed by atoms with van der Waals surface area (Å²) in [5.41, 5.74) is 1.13. The molecule has 70 valence electrons. The summed E-state index contributed by atoms with van der Waals surface area (Å²) in [6.45, 7) is 0. The number of nitrogens with one attached hydrogen (secondary N) is 1. The predicted octanol–water partition coefficient (Wildman–Crippen LogP) is 2.06. The molecule has 0 bridgehead atoms. The maximum Gasteiger partial charge on any atom is 0.123 e. The number of fused-ring (bicyclic) bond motifs is 1. The lowest BCUT2D eigenvalue weighted by Gasteiger charge is -2.23. The Kier molecular flexibility index (Phi) is 2.56. The Labute approximate surface area is 81.7 Å². The molecule has 0 radical (unpaired) electrons. The van der Waals surface area contributed by atoms with Crippen molar-refractivity contribution in [3.63, 3.8) is 0 Å². The third kappa shape index (κ3) is 1.86. The maximum absolute atomic E-state index is 12.9. The zero-order chi connectivity index (χ0) is 9.26. The molecule has 13 heavy (non-hydrogen) atoms. The number of hydrogen-bond donors (Lipinski definition) is 1. The Bertz CT molecular complexity index is 314. The zero-order valence-electron chi connectivity index (χ0n) is 7.51. The fraction of sp³-hybridized carbons (Fsp3) is 0.400. The molecule has 1 nitrogen and oxygen atoms in total. The SMILES string of the molecule is CNC1CSc2ccc(F)cc2C1. The molecule has 1 aromatic carbocycles. The van der Waals surface area contributed by atoms with Crippen molar-refractivity contribution in [3.8, 4) is 0 Å². The first-order valence-corrected chi connectivity index (χ1v) is 5.36. The Morgan fingerprint density at radius 2 is 2.38 bits per heavy atom. The van der Waals surface area contributed by atoms with Gasteiger partial charge in [0.2, 0.25) is 0 Å². The number of hydrogen-bond acceptors (Lipinski definition) is 2. The van der Waals surface area contributed by atoms with Crippen LogP contribution in [0, 0.1) is 5.82 Å². The average molecular weight is 197 g/mol. The van der Waals surface area contributed by atoms with Gasteiger partial charge in [-0.05, 0) is 37.2 Å². The van der Waals surface area contributed by atoms with E-state index in [-0.39, 0.29) is 5.82 Å². The van der Waals surface area contributed by atoms with Gasteiger partial charge in [0.15, 0.2) is 0 Å². The second kappa shape index (κ2) is 3.68. The van der Waals surface area contributed by atoms with Gasteiger partial charge in [-0.1, -0.05) is 0 Å². The van der Waals surface area contributed by atoms with Crippen molar-refractivity contribution in [3.05, 3.63) is 29.6 Å². The van der Waals surface area contributed by atoms with Crippen molar-refractivity contribution >= 4 is 11.8 Å². The minimum Gasteiger partial charge on any atom is -0.316 e. The van der Waals surface area contributed by atoms with Gasteiger partial charge in [0.1, 0.15) is 5.82 Å². The molecular weight excluding hydrogens is 185 g/mol. The van der Waals surface area contributed by atoms with Crippen molar-refractivity contribution in [2.24, 2.45) is 0 Å². The van der Waals surface area contributed by atoms with E-state index in [1.54, 1.807) is 17.8 Å². The van der Waals surface area contributed by atoms with Crippen LogP contribution in [0.3, 0.4) is 0 Å². The Balaban J connectivity index is 2.27. The summed E-state index contributed by atoms with van der Waals surface area (Å²) >= 11 is 1.80. The Hall–Kier alpha value is -0.540. The normalized spacial score (nSPS) is 21.2. The van der Waals surface area contributed by atoms with E-state index in [1.165, 1.54) is 11.0 Å². The highest BCUT2D eigenvalue weighted by Crippen LogP contribution is 2.30. The number of thioether (sulfide) groups is 1. The summed E-state index contributed by atoms with van der Waals surface area (Å²) in [5.74, 6) is 0.950. The first kappa shape index (κ1) is 9.03. The Morgan fingerprint density at radius 3 is 3.15 bits per heavy atom. The molecule has 0 aromatic heterocycles. The summed E-state index contributed by atoms with van der Waals surface area (Å²) in [6.07, 6.45) is 0.941. The van der Waals surface area contributed by atoms with Gasteiger partial charge in [0.25, 0.3) is 0 Å². The van der Waals surface area contributed by atoms with Gasteiger partial charge in [0.05, 0.1) is 0 Å². The molecule has 2 rings (SSSR count). The zero-order valence-corrected chi connectivity index (χ0v) is 8.33. The molecule has 0 aliphatic carbocycles. The van der Waals surface area contributed by atoms with Crippen molar-refractivity contribution in [1.29, 1.82) is 0 Å². The number of likely N-dealkylation sites (N-methyl/N-ethyl adjacent to an activating group) is 1. The van der Waals surface area contributed by atoms with Gasteiger partial charge in [-0.2, -0.15) is 0 Å².